The van der Waals surface area contributed by atoms with Crippen molar-refractivity contribution in [3.63, 3.8) is 0 Å². The summed E-state index contributed by atoms with van der Waals surface area (Å²) in [6, 6.07) is 14.5. The van der Waals surface area contributed by atoms with Crippen LogP contribution in [0.25, 0.3) is 0 Å². The van der Waals surface area contributed by atoms with E-state index in [1.54, 1.807) is 0 Å². The van der Waals surface area contributed by atoms with E-state index in [1.807, 2.05) is 55.5 Å². The fourth-order valence-corrected chi connectivity index (χ4v) is 3.61. The average Bonchev–Trinajstić information content (AvgIpc) is 2.66. The number of para-hydroxylation sites is 1. The molecule has 2 aromatic carbocycles. The molecule has 1 aliphatic heterocycles. The predicted octanol–water partition coefficient (Wildman–Crippen LogP) is 3.22. The van der Waals surface area contributed by atoms with Crippen molar-refractivity contribution in [2.75, 3.05) is 5.32 Å². The summed E-state index contributed by atoms with van der Waals surface area (Å²) in [7, 11) is 0. The first-order chi connectivity index (χ1) is 13.4. The van der Waals surface area contributed by atoms with E-state index in [-0.39, 0.29) is 30.6 Å². The number of nitrogens with one attached hydrogen (secondary N) is 2. The molecule has 0 saturated heterocycles. The number of carboxylic acid groups (broad SMARTS) is 1. The molecule has 0 saturated carbocycles. The number of carbonyl (C=O) groups excluding carboxylic acids is 2. The van der Waals surface area contributed by atoms with Gasteiger partial charge in [0.1, 0.15) is 0 Å². The zero-order chi connectivity index (χ0) is 20.1. The average molecular weight is 380 g/mol. The second-order valence-electron chi connectivity index (χ2n) is 7.16. The van der Waals surface area contributed by atoms with E-state index in [2.05, 4.69) is 10.6 Å². The number of benzene rings is 2. The Morgan fingerprint density at radius 2 is 1.89 bits per heavy atom. The van der Waals surface area contributed by atoms with Crippen LogP contribution in [-0.2, 0) is 20.8 Å². The fraction of sp³-hybridized carbons (Fsp3) is 0.318. The molecule has 0 radical (unpaired) electrons. The highest BCUT2D eigenvalue weighted by molar-refractivity contribution is 5.96. The van der Waals surface area contributed by atoms with Crippen molar-refractivity contribution in [1.82, 2.24) is 5.32 Å². The van der Waals surface area contributed by atoms with Crippen LogP contribution in [0.3, 0.4) is 0 Å². The van der Waals surface area contributed by atoms with Gasteiger partial charge in [-0.05, 0) is 42.5 Å². The van der Waals surface area contributed by atoms with E-state index < -0.39 is 12.0 Å². The van der Waals surface area contributed by atoms with Gasteiger partial charge in [0.25, 0.3) is 0 Å². The van der Waals surface area contributed by atoms with Crippen molar-refractivity contribution >= 4 is 23.5 Å². The van der Waals surface area contributed by atoms with Crippen molar-refractivity contribution in [2.24, 2.45) is 5.92 Å². The van der Waals surface area contributed by atoms with Crippen LogP contribution in [0.1, 0.15) is 42.0 Å². The van der Waals surface area contributed by atoms with Crippen LogP contribution >= 0.6 is 0 Å². The molecular weight excluding hydrogens is 356 g/mol. The van der Waals surface area contributed by atoms with Gasteiger partial charge in [-0.1, -0.05) is 42.5 Å². The Labute approximate surface area is 164 Å². The number of aryl methyl sites for hydroxylation is 1. The number of carbonyl (C=O) groups is 3. The minimum atomic E-state index is -0.975. The van der Waals surface area contributed by atoms with E-state index in [1.165, 1.54) is 0 Å². The molecule has 3 rings (SSSR count). The Morgan fingerprint density at radius 3 is 2.64 bits per heavy atom. The molecule has 2 aromatic rings. The van der Waals surface area contributed by atoms with Crippen molar-refractivity contribution in [3.05, 3.63) is 65.2 Å². The first-order valence-corrected chi connectivity index (χ1v) is 9.39. The van der Waals surface area contributed by atoms with Crippen LogP contribution < -0.4 is 10.6 Å². The number of hydrogen-bond donors (Lipinski definition) is 3. The topological polar surface area (TPSA) is 95.5 Å². The van der Waals surface area contributed by atoms with E-state index in [9.17, 15) is 19.5 Å². The Bertz CT molecular complexity index is 894. The lowest BCUT2D eigenvalue weighted by molar-refractivity contribution is -0.137. The van der Waals surface area contributed by atoms with Gasteiger partial charge < -0.3 is 15.7 Å². The molecule has 28 heavy (non-hydrogen) atoms. The Balaban J connectivity index is 1.61. The van der Waals surface area contributed by atoms with Crippen molar-refractivity contribution in [1.29, 1.82) is 0 Å². The smallest absolute Gasteiger partial charge is 0.305 e. The summed E-state index contributed by atoms with van der Waals surface area (Å²) in [5.41, 5.74) is 3.62. The zero-order valence-electron chi connectivity index (χ0n) is 15.8. The van der Waals surface area contributed by atoms with Crippen molar-refractivity contribution in [2.45, 2.75) is 38.6 Å². The molecule has 3 N–H and O–H groups in total. The lowest BCUT2D eigenvalue weighted by Gasteiger charge is -2.25. The minimum absolute atomic E-state index is 0.0764. The molecule has 1 heterocycles. The van der Waals surface area contributed by atoms with Gasteiger partial charge in [-0.25, -0.2) is 0 Å². The number of rotatable bonds is 7. The molecule has 0 aliphatic carbocycles. The summed E-state index contributed by atoms with van der Waals surface area (Å²) in [5.74, 6) is -1.57. The van der Waals surface area contributed by atoms with Gasteiger partial charge in [0, 0.05) is 18.0 Å². The molecule has 0 spiro atoms. The summed E-state index contributed by atoms with van der Waals surface area (Å²) >= 11 is 0. The molecule has 0 unspecified atom stereocenters. The lowest BCUT2D eigenvalue weighted by atomic mass is 9.89. The summed E-state index contributed by atoms with van der Waals surface area (Å²) < 4.78 is 0. The maximum atomic E-state index is 12.5. The fourth-order valence-electron chi connectivity index (χ4n) is 3.61. The monoisotopic (exact) mass is 380 g/mol. The lowest BCUT2D eigenvalue weighted by Crippen LogP contribution is -2.33. The molecule has 0 fully saturated rings. The van der Waals surface area contributed by atoms with E-state index in [0.29, 0.717) is 12.8 Å². The third-order valence-corrected chi connectivity index (χ3v) is 5.11. The maximum Gasteiger partial charge on any atom is 0.305 e. The van der Waals surface area contributed by atoms with Crippen molar-refractivity contribution in [3.8, 4) is 0 Å². The zero-order valence-corrected chi connectivity index (χ0v) is 15.8. The van der Waals surface area contributed by atoms with E-state index >= 15 is 0 Å². The van der Waals surface area contributed by atoms with Gasteiger partial charge in [0.15, 0.2) is 0 Å². The highest BCUT2D eigenvalue weighted by atomic mass is 16.4. The summed E-state index contributed by atoms with van der Waals surface area (Å²) in [6.45, 7) is 1.89. The largest absolute Gasteiger partial charge is 0.481 e. The van der Waals surface area contributed by atoms with Gasteiger partial charge in [-0.15, -0.1) is 0 Å². The summed E-state index contributed by atoms with van der Waals surface area (Å²) in [6.07, 6.45) is 1.00. The second-order valence-corrected chi connectivity index (χ2v) is 7.16. The molecular formula is C22H24N2O4. The van der Waals surface area contributed by atoms with Gasteiger partial charge in [-0.3, -0.25) is 14.4 Å². The number of hydrogen-bond acceptors (Lipinski definition) is 3. The van der Waals surface area contributed by atoms with Crippen LogP contribution in [0.4, 0.5) is 5.69 Å². The Hall–Kier alpha value is -3.15. The summed E-state index contributed by atoms with van der Waals surface area (Å²) in [5, 5.41) is 14.9. The third kappa shape index (κ3) is 4.76. The van der Waals surface area contributed by atoms with Crippen LogP contribution in [0.15, 0.2) is 48.5 Å². The van der Waals surface area contributed by atoms with Gasteiger partial charge in [0.05, 0.1) is 12.5 Å². The second kappa shape index (κ2) is 8.69. The van der Waals surface area contributed by atoms with Gasteiger partial charge >= 0.3 is 5.97 Å². The van der Waals surface area contributed by atoms with Crippen LogP contribution in [0.5, 0.6) is 0 Å². The number of aliphatic carboxylic acids is 1. The number of carboxylic acids is 1. The molecule has 6 heteroatoms. The van der Waals surface area contributed by atoms with Gasteiger partial charge in [0.2, 0.25) is 11.8 Å². The molecule has 6 nitrogen and oxygen atoms in total. The normalized spacial score (nSPS) is 16.6. The number of fused-ring (bicyclic) bond motifs is 1. The molecule has 146 valence electrons. The Morgan fingerprint density at radius 1 is 1.18 bits per heavy atom. The quantitative estimate of drug-likeness (QED) is 0.687. The van der Waals surface area contributed by atoms with Gasteiger partial charge in [-0.2, -0.15) is 0 Å². The summed E-state index contributed by atoms with van der Waals surface area (Å²) in [4.78, 5) is 36.0. The Kier molecular flexibility index (Phi) is 6.09. The number of amides is 2. The molecule has 2 atom stereocenters. The molecule has 1 aliphatic rings. The predicted molar refractivity (Wildman–Crippen MR) is 106 cm³/mol. The molecule has 0 aromatic heterocycles. The number of anilines is 1. The highest BCUT2D eigenvalue weighted by Crippen LogP contribution is 2.28. The molecule has 2 amide bonds. The van der Waals surface area contributed by atoms with Crippen molar-refractivity contribution < 1.29 is 19.5 Å². The maximum absolute atomic E-state index is 12.5. The first-order valence-electron chi connectivity index (χ1n) is 9.39. The van der Waals surface area contributed by atoms with Crippen LogP contribution in [-0.4, -0.2) is 22.9 Å². The SMILES string of the molecule is Cc1ccccc1[C@H](CC(=O)O)NC(=O)CC[C@H]1Cc2ccccc2NC1=O. The van der Waals surface area contributed by atoms with E-state index in [0.717, 1.165) is 22.4 Å². The standard InChI is InChI=1S/C22H24N2O4/c1-14-6-2-4-8-17(14)19(13-21(26)27)23-20(25)11-10-16-12-15-7-3-5-9-18(15)24-22(16)28/h2-9,16,19H,10-13H2,1H3,(H,23,25)(H,24,28)(H,26,27)/t16-,19-/m0/s1. The highest BCUT2D eigenvalue weighted by Gasteiger charge is 2.27. The van der Waals surface area contributed by atoms with Crippen LogP contribution in [0.2, 0.25) is 0 Å². The first kappa shape index (κ1) is 19.6. The van der Waals surface area contributed by atoms with Crippen LogP contribution in [0, 0.1) is 12.8 Å². The minimum Gasteiger partial charge on any atom is -0.481 e. The molecule has 0 bridgehead atoms. The van der Waals surface area contributed by atoms with E-state index in [4.69, 9.17) is 0 Å². The third-order valence-electron chi connectivity index (χ3n) is 5.11.